The molecule has 0 radical (unpaired) electrons. The van der Waals surface area contributed by atoms with Crippen molar-refractivity contribution in [2.75, 3.05) is 34.2 Å². The fourth-order valence-corrected chi connectivity index (χ4v) is 4.98. The van der Waals surface area contributed by atoms with Gasteiger partial charge in [0.25, 0.3) is 0 Å². The van der Waals surface area contributed by atoms with Gasteiger partial charge in [0.15, 0.2) is 10.1 Å². The van der Waals surface area contributed by atoms with Gasteiger partial charge in [-0.2, -0.15) is 0 Å². The van der Waals surface area contributed by atoms with Crippen LogP contribution in [0.4, 0.5) is 0 Å². The lowest BCUT2D eigenvalue weighted by molar-refractivity contribution is -0.163. The summed E-state index contributed by atoms with van der Waals surface area (Å²) >= 11 is 7.01. The number of methoxy groups -OCH3 is 2. The normalized spacial score (nSPS) is 29.1. The van der Waals surface area contributed by atoms with Gasteiger partial charge in [-0.25, -0.2) is 0 Å². The molecular weight excluding hydrogens is 500 g/mol. The molecular formula is C19H24Br2O7. The summed E-state index contributed by atoms with van der Waals surface area (Å²) in [6.45, 7) is 2.83. The fraction of sp³-hybridized carbons (Fsp3) is 0.632. The third kappa shape index (κ3) is 3.73. The number of ketones is 1. The van der Waals surface area contributed by atoms with Crippen LogP contribution >= 0.6 is 31.9 Å². The molecule has 1 aliphatic heterocycles. The average molecular weight is 524 g/mol. The van der Waals surface area contributed by atoms with Gasteiger partial charge in [0.05, 0.1) is 36.5 Å². The van der Waals surface area contributed by atoms with Crippen LogP contribution in [0.2, 0.25) is 0 Å². The number of carbonyl (C=O) groups is 1. The minimum atomic E-state index is -1.32. The Morgan fingerprint density at radius 3 is 2.79 bits per heavy atom. The van der Waals surface area contributed by atoms with E-state index in [1.165, 1.54) is 7.11 Å². The number of Topliss-reactive ketones (excluding diaryl/α,β-unsaturated/α-hetero) is 1. The van der Waals surface area contributed by atoms with Crippen LogP contribution in [0.3, 0.4) is 0 Å². The summed E-state index contributed by atoms with van der Waals surface area (Å²) in [5, 5.41) is 11.2. The molecule has 0 spiro atoms. The first kappa shape index (κ1) is 22.0. The highest BCUT2D eigenvalue weighted by atomic mass is 79.9. The number of carbonyl (C=O) groups excluding carboxylic acids is 1. The third-order valence-corrected chi connectivity index (χ3v) is 7.48. The molecule has 0 amide bonds. The van der Waals surface area contributed by atoms with E-state index < -0.39 is 22.6 Å². The Kier molecular flexibility index (Phi) is 7.05. The van der Waals surface area contributed by atoms with Gasteiger partial charge < -0.3 is 28.8 Å². The van der Waals surface area contributed by atoms with E-state index in [0.29, 0.717) is 41.2 Å². The number of alkyl halides is 1. The van der Waals surface area contributed by atoms with Gasteiger partial charge in [0, 0.05) is 13.5 Å². The first-order chi connectivity index (χ1) is 13.4. The molecule has 0 saturated heterocycles. The van der Waals surface area contributed by atoms with E-state index in [4.69, 9.17) is 23.7 Å². The van der Waals surface area contributed by atoms with E-state index >= 15 is 0 Å². The second-order valence-electron chi connectivity index (χ2n) is 6.85. The molecule has 156 valence electrons. The van der Waals surface area contributed by atoms with Gasteiger partial charge in [-0.15, -0.1) is 0 Å². The number of hydrogen-bond acceptors (Lipinski definition) is 7. The van der Waals surface area contributed by atoms with Crippen LogP contribution in [0.1, 0.15) is 30.1 Å². The predicted molar refractivity (Wildman–Crippen MR) is 108 cm³/mol. The Hall–Kier alpha value is -0.710. The Morgan fingerprint density at radius 2 is 2.11 bits per heavy atom. The number of aliphatic hydroxyl groups is 1. The van der Waals surface area contributed by atoms with E-state index in [9.17, 15) is 9.90 Å². The topological polar surface area (TPSA) is 83.5 Å². The highest BCUT2D eigenvalue weighted by Crippen LogP contribution is 2.55. The summed E-state index contributed by atoms with van der Waals surface area (Å²) in [6, 6.07) is 1.82. The number of fused-ring (bicyclic) bond motifs is 2. The van der Waals surface area contributed by atoms with Gasteiger partial charge in [-0.05, 0) is 40.9 Å². The smallest absolute Gasteiger partial charge is 0.156 e. The second kappa shape index (κ2) is 8.97. The summed E-state index contributed by atoms with van der Waals surface area (Å²) < 4.78 is 27.3. The number of benzene rings is 1. The molecule has 1 unspecified atom stereocenters. The van der Waals surface area contributed by atoms with E-state index in [0.717, 1.165) is 5.56 Å². The van der Waals surface area contributed by atoms with Gasteiger partial charge in [-0.1, -0.05) is 15.9 Å². The summed E-state index contributed by atoms with van der Waals surface area (Å²) in [7, 11) is 3.12. The maximum Gasteiger partial charge on any atom is 0.156 e. The van der Waals surface area contributed by atoms with Crippen molar-refractivity contribution in [3.63, 3.8) is 0 Å². The quantitative estimate of drug-likeness (QED) is 0.334. The van der Waals surface area contributed by atoms with Crippen LogP contribution in [0.25, 0.3) is 0 Å². The van der Waals surface area contributed by atoms with Gasteiger partial charge in [0.2, 0.25) is 0 Å². The monoisotopic (exact) mass is 522 g/mol. The highest BCUT2D eigenvalue weighted by Gasteiger charge is 2.60. The Morgan fingerprint density at radius 1 is 1.36 bits per heavy atom. The first-order valence-corrected chi connectivity index (χ1v) is 10.6. The van der Waals surface area contributed by atoms with Gasteiger partial charge in [-0.3, -0.25) is 4.79 Å². The molecule has 0 aromatic heterocycles. The van der Waals surface area contributed by atoms with E-state index in [1.807, 2.05) is 13.0 Å². The van der Waals surface area contributed by atoms with Crippen molar-refractivity contribution in [1.82, 2.24) is 0 Å². The van der Waals surface area contributed by atoms with Gasteiger partial charge >= 0.3 is 0 Å². The summed E-state index contributed by atoms with van der Waals surface area (Å²) in [6.07, 6.45) is -1.53. The summed E-state index contributed by atoms with van der Waals surface area (Å²) in [5.41, 5.74) is 1.34. The minimum Gasteiger partial charge on any atom is -0.495 e. The first-order valence-electron chi connectivity index (χ1n) is 8.98. The molecule has 1 heterocycles. The van der Waals surface area contributed by atoms with Crippen LogP contribution in [-0.4, -0.2) is 61.6 Å². The molecule has 7 nitrogen and oxygen atoms in total. The van der Waals surface area contributed by atoms with E-state index in [1.54, 1.807) is 7.11 Å². The molecule has 4 atom stereocenters. The van der Waals surface area contributed by atoms with Crippen LogP contribution < -0.4 is 9.47 Å². The Balaban J connectivity index is 1.92. The van der Waals surface area contributed by atoms with Crippen molar-refractivity contribution >= 4 is 37.6 Å². The summed E-state index contributed by atoms with van der Waals surface area (Å²) in [4.78, 5) is 12.8. The van der Waals surface area contributed by atoms with Crippen molar-refractivity contribution in [2.45, 2.75) is 42.4 Å². The number of ether oxygens (including phenoxy) is 5. The van der Waals surface area contributed by atoms with Crippen molar-refractivity contribution in [3.8, 4) is 11.5 Å². The second-order valence-corrected chi connectivity index (χ2v) is 8.95. The number of aryl methyl sites for hydroxylation is 1. The standard InChI is InChI=1S/C19H24Br2O7/c1-10-8-12-14(16(25-3)15(10)20)17(23)19(21)13(22)5-4-11(18(19)28-12)27-9-26-7-6-24-2/h8,11,17-18,23H,4-7,9H2,1-3H3/t11-,17+,18?,19-/m0/s1. The highest BCUT2D eigenvalue weighted by molar-refractivity contribution is 9.10. The maximum atomic E-state index is 12.8. The van der Waals surface area contributed by atoms with Crippen molar-refractivity contribution in [2.24, 2.45) is 0 Å². The van der Waals surface area contributed by atoms with Crippen molar-refractivity contribution in [1.29, 1.82) is 0 Å². The van der Waals surface area contributed by atoms with Crippen LogP contribution in [0, 0.1) is 6.92 Å². The van der Waals surface area contributed by atoms with Crippen molar-refractivity contribution < 1.29 is 33.6 Å². The molecule has 2 aliphatic rings. The van der Waals surface area contributed by atoms with Crippen LogP contribution in [0.15, 0.2) is 10.5 Å². The van der Waals surface area contributed by atoms with Crippen LogP contribution in [0.5, 0.6) is 11.5 Å². The minimum absolute atomic E-state index is 0.0524. The average Bonchev–Trinajstić information content (AvgIpc) is 2.67. The third-order valence-electron chi connectivity index (χ3n) is 5.16. The summed E-state index contributed by atoms with van der Waals surface area (Å²) in [5.74, 6) is 0.807. The lowest BCUT2D eigenvalue weighted by atomic mass is 9.75. The largest absolute Gasteiger partial charge is 0.495 e. The molecule has 1 fully saturated rings. The molecule has 28 heavy (non-hydrogen) atoms. The lowest BCUT2D eigenvalue weighted by Gasteiger charge is -2.48. The van der Waals surface area contributed by atoms with E-state index in [-0.39, 0.29) is 19.0 Å². The molecule has 1 aromatic carbocycles. The zero-order valence-electron chi connectivity index (χ0n) is 16.0. The maximum absolute atomic E-state index is 12.8. The number of halogens is 2. The number of aliphatic hydroxyl groups excluding tert-OH is 1. The lowest BCUT2D eigenvalue weighted by Crippen LogP contribution is -2.62. The van der Waals surface area contributed by atoms with Crippen molar-refractivity contribution in [3.05, 3.63) is 21.7 Å². The molecule has 0 bridgehead atoms. The molecule has 3 rings (SSSR count). The Bertz CT molecular complexity index is 741. The zero-order chi connectivity index (χ0) is 20.5. The zero-order valence-corrected chi connectivity index (χ0v) is 19.2. The number of hydrogen-bond donors (Lipinski definition) is 1. The molecule has 1 N–H and O–H groups in total. The number of rotatable bonds is 7. The molecule has 1 saturated carbocycles. The van der Waals surface area contributed by atoms with Crippen LogP contribution in [-0.2, 0) is 19.0 Å². The molecule has 9 heteroatoms. The molecule has 1 aliphatic carbocycles. The fourth-order valence-electron chi connectivity index (χ4n) is 3.67. The molecule has 1 aromatic rings. The Labute approximate surface area is 180 Å². The SMILES string of the molecule is COCCOCO[C@H]1CCC(=O)[C@@]2(Br)C1Oc1cc(C)c(Br)c(OC)c1[C@H]2O. The predicted octanol–water partition coefficient (Wildman–Crippen LogP) is 3.06. The van der Waals surface area contributed by atoms with Gasteiger partial charge in [0.1, 0.15) is 30.5 Å². The van der Waals surface area contributed by atoms with E-state index in [2.05, 4.69) is 31.9 Å².